The second-order valence-electron chi connectivity index (χ2n) is 2.76. The normalized spacial score (nSPS) is 23.1. The zero-order valence-corrected chi connectivity index (χ0v) is 7.95. The van der Waals surface area contributed by atoms with Gasteiger partial charge in [-0.05, 0) is 26.2 Å². The average molecular weight is 187 g/mol. The number of carbonyl (C=O) groups excluding carboxylic acids is 1. The van der Waals surface area contributed by atoms with Gasteiger partial charge in [-0.15, -0.1) is 0 Å². The van der Waals surface area contributed by atoms with Gasteiger partial charge in [0.2, 0.25) is 0 Å². The summed E-state index contributed by atoms with van der Waals surface area (Å²) in [6.45, 7) is 2.24. The summed E-state index contributed by atoms with van der Waals surface area (Å²) in [5.74, 6) is -0.181. The van der Waals surface area contributed by atoms with Crippen molar-refractivity contribution in [2.45, 2.75) is 32.2 Å². The highest BCUT2D eigenvalue weighted by Crippen LogP contribution is 2.10. The lowest BCUT2D eigenvalue weighted by molar-refractivity contribution is -0.145. The van der Waals surface area contributed by atoms with Crippen molar-refractivity contribution in [3.8, 4) is 0 Å². The summed E-state index contributed by atoms with van der Waals surface area (Å²) >= 11 is 4.97. The Morgan fingerprint density at radius 3 is 3.17 bits per heavy atom. The molecule has 0 aromatic carbocycles. The van der Waals surface area contributed by atoms with E-state index in [-0.39, 0.29) is 12.0 Å². The molecule has 0 amide bonds. The Balaban J connectivity index is 2.40. The molecule has 1 atom stereocenters. The minimum absolute atomic E-state index is 0.181. The summed E-state index contributed by atoms with van der Waals surface area (Å²) in [5, 5.41) is 2.96. The standard InChI is InChI=1S/C8H13NO2S/c1-2-11-8(10)6-4-3-5-7(12)9-6/h6H,2-5H2,1H3,(H,9,12). The van der Waals surface area contributed by atoms with Gasteiger partial charge in [0.25, 0.3) is 0 Å². The number of ether oxygens (including phenoxy) is 1. The highest BCUT2D eigenvalue weighted by atomic mass is 32.1. The van der Waals surface area contributed by atoms with E-state index in [4.69, 9.17) is 17.0 Å². The maximum atomic E-state index is 11.2. The van der Waals surface area contributed by atoms with Crippen LogP contribution < -0.4 is 5.32 Å². The van der Waals surface area contributed by atoms with E-state index in [1.54, 1.807) is 6.92 Å². The fraction of sp³-hybridized carbons (Fsp3) is 0.750. The van der Waals surface area contributed by atoms with E-state index in [2.05, 4.69) is 5.32 Å². The Labute approximate surface area is 77.5 Å². The molecule has 0 spiro atoms. The van der Waals surface area contributed by atoms with Gasteiger partial charge in [0.15, 0.2) is 0 Å². The van der Waals surface area contributed by atoms with Crippen LogP contribution in [0.4, 0.5) is 0 Å². The van der Waals surface area contributed by atoms with Crippen LogP contribution in [0.2, 0.25) is 0 Å². The lowest BCUT2D eigenvalue weighted by atomic mass is 10.1. The first-order chi connectivity index (χ1) is 5.74. The molecule has 1 heterocycles. The van der Waals surface area contributed by atoms with Crippen LogP contribution in [0.1, 0.15) is 26.2 Å². The van der Waals surface area contributed by atoms with Crippen molar-refractivity contribution < 1.29 is 9.53 Å². The highest BCUT2D eigenvalue weighted by Gasteiger charge is 2.23. The second kappa shape index (κ2) is 4.40. The molecule has 1 unspecified atom stereocenters. The van der Waals surface area contributed by atoms with Crippen molar-refractivity contribution in [1.29, 1.82) is 0 Å². The van der Waals surface area contributed by atoms with Crippen LogP contribution in [-0.2, 0) is 9.53 Å². The third kappa shape index (κ3) is 2.44. The number of nitrogens with one attached hydrogen (secondary N) is 1. The molecular weight excluding hydrogens is 174 g/mol. The van der Waals surface area contributed by atoms with Crippen LogP contribution in [0, 0.1) is 0 Å². The molecule has 1 fully saturated rings. The van der Waals surface area contributed by atoms with Gasteiger partial charge in [-0.1, -0.05) is 12.2 Å². The molecule has 0 bridgehead atoms. The van der Waals surface area contributed by atoms with Gasteiger partial charge in [-0.2, -0.15) is 0 Å². The predicted octanol–water partition coefficient (Wildman–Crippen LogP) is 1.02. The van der Waals surface area contributed by atoms with Crippen molar-refractivity contribution >= 4 is 23.2 Å². The number of carbonyl (C=O) groups is 1. The molecule has 1 saturated heterocycles. The van der Waals surface area contributed by atoms with Crippen molar-refractivity contribution in [3.05, 3.63) is 0 Å². The molecule has 0 aromatic rings. The monoisotopic (exact) mass is 187 g/mol. The van der Waals surface area contributed by atoms with Crippen molar-refractivity contribution in [2.24, 2.45) is 0 Å². The van der Waals surface area contributed by atoms with Crippen LogP contribution in [0.15, 0.2) is 0 Å². The van der Waals surface area contributed by atoms with Crippen molar-refractivity contribution in [3.63, 3.8) is 0 Å². The Bertz CT molecular complexity index is 193. The minimum Gasteiger partial charge on any atom is -0.464 e. The van der Waals surface area contributed by atoms with E-state index in [1.165, 1.54) is 0 Å². The van der Waals surface area contributed by atoms with Crippen LogP contribution in [0.3, 0.4) is 0 Å². The summed E-state index contributed by atoms with van der Waals surface area (Å²) in [5.41, 5.74) is 0. The Morgan fingerprint density at radius 1 is 1.83 bits per heavy atom. The van der Waals surface area contributed by atoms with E-state index >= 15 is 0 Å². The van der Waals surface area contributed by atoms with Crippen molar-refractivity contribution in [2.75, 3.05) is 6.61 Å². The zero-order chi connectivity index (χ0) is 8.97. The molecule has 12 heavy (non-hydrogen) atoms. The largest absolute Gasteiger partial charge is 0.464 e. The Hall–Kier alpha value is -0.640. The van der Waals surface area contributed by atoms with Crippen LogP contribution >= 0.6 is 12.2 Å². The lowest BCUT2D eigenvalue weighted by Gasteiger charge is -2.23. The van der Waals surface area contributed by atoms with Crippen LogP contribution in [-0.4, -0.2) is 23.6 Å². The Morgan fingerprint density at radius 2 is 2.58 bits per heavy atom. The molecule has 1 rings (SSSR count). The van der Waals surface area contributed by atoms with E-state index in [1.807, 2.05) is 0 Å². The van der Waals surface area contributed by atoms with Gasteiger partial charge in [0.05, 0.1) is 11.6 Å². The number of rotatable bonds is 2. The van der Waals surface area contributed by atoms with E-state index in [0.29, 0.717) is 6.61 Å². The molecule has 1 N–H and O–H groups in total. The maximum Gasteiger partial charge on any atom is 0.328 e. The summed E-state index contributed by atoms with van der Waals surface area (Å²) in [6, 6.07) is -0.203. The third-order valence-electron chi connectivity index (χ3n) is 1.80. The second-order valence-corrected chi connectivity index (χ2v) is 3.26. The number of thiocarbonyl (C=S) groups is 1. The molecule has 68 valence electrons. The van der Waals surface area contributed by atoms with Gasteiger partial charge < -0.3 is 10.1 Å². The van der Waals surface area contributed by atoms with Gasteiger partial charge >= 0.3 is 5.97 Å². The van der Waals surface area contributed by atoms with Gasteiger partial charge in [-0.25, -0.2) is 4.79 Å². The fourth-order valence-corrected chi connectivity index (χ4v) is 1.51. The van der Waals surface area contributed by atoms with E-state index in [9.17, 15) is 4.79 Å². The van der Waals surface area contributed by atoms with Crippen molar-refractivity contribution in [1.82, 2.24) is 5.32 Å². The summed E-state index contributed by atoms with van der Waals surface area (Å²) in [4.78, 5) is 12.0. The molecule has 4 heteroatoms. The number of hydrogen-bond donors (Lipinski definition) is 1. The summed E-state index contributed by atoms with van der Waals surface area (Å²) < 4.78 is 4.87. The molecule has 3 nitrogen and oxygen atoms in total. The topological polar surface area (TPSA) is 38.3 Å². The first-order valence-electron chi connectivity index (χ1n) is 4.20. The van der Waals surface area contributed by atoms with E-state index in [0.717, 1.165) is 24.3 Å². The quantitative estimate of drug-likeness (QED) is 0.517. The number of esters is 1. The maximum absolute atomic E-state index is 11.2. The molecule has 0 saturated carbocycles. The molecule has 1 aliphatic heterocycles. The fourth-order valence-electron chi connectivity index (χ4n) is 1.23. The zero-order valence-electron chi connectivity index (χ0n) is 7.13. The molecule has 0 aromatic heterocycles. The van der Waals surface area contributed by atoms with E-state index < -0.39 is 0 Å². The lowest BCUT2D eigenvalue weighted by Crippen LogP contribution is -2.44. The highest BCUT2D eigenvalue weighted by molar-refractivity contribution is 7.80. The van der Waals surface area contributed by atoms with Gasteiger partial charge in [0.1, 0.15) is 6.04 Å². The summed E-state index contributed by atoms with van der Waals surface area (Å²) in [7, 11) is 0. The third-order valence-corrected chi connectivity index (χ3v) is 2.12. The summed E-state index contributed by atoms with van der Waals surface area (Å²) in [6.07, 6.45) is 2.71. The number of piperidine rings is 1. The van der Waals surface area contributed by atoms with Crippen LogP contribution in [0.25, 0.3) is 0 Å². The van der Waals surface area contributed by atoms with Gasteiger partial charge in [0, 0.05) is 0 Å². The van der Waals surface area contributed by atoms with Gasteiger partial charge in [-0.3, -0.25) is 0 Å². The SMILES string of the molecule is CCOC(=O)C1CCCC(=S)N1. The Kier molecular flexibility index (Phi) is 3.47. The van der Waals surface area contributed by atoms with Crippen LogP contribution in [0.5, 0.6) is 0 Å². The average Bonchev–Trinajstić information content (AvgIpc) is 2.05. The molecular formula is C8H13NO2S. The number of hydrogen-bond acceptors (Lipinski definition) is 3. The first-order valence-corrected chi connectivity index (χ1v) is 4.61. The molecule has 0 radical (unpaired) electrons. The first kappa shape index (κ1) is 9.45. The molecule has 1 aliphatic rings. The minimum atomic E-state index is -0.203. The molecule has 0 aliphatic carbocycles. The predicted molar refractivity (Wildman–Crippen MR) is 50.0 cm³/mol. The smallest absolute Gasteiger partial charge is 0.328 e.